The van der Waals surface area contributed by atoms with Crippen LogP contribution in [0, 0.1) is 11.3 Å². The molecule has 0 saturated heterocycles. The van der Waals surface area contributed by atoms with Crippen molar-refractivity contribution in [1.82, 2.24) is 9.97 Å². The summed E-state index contributed by atoms with van der Waals surface area (Å²) in [5.41, 5.74) is 0.453. The maximum atomic E-state index is 11.4. The molecule has 0 atom stereocenters. The SMILES string of the molecule is CCOC(=O)c1cnc(Nc2cc(C#N)ccn2)o1. The second-order valence-corrected chi connectivity index (χ2v) is 3.42. The molecule has 0 aromatic carbocycles. The number of nitrogens with zero attached hydrogens (tertiary/aromatic N) is 3. The Labute approximate surface area is 108 Å². The molecule has 19 heavy (non-hydrogen) atoms. The topological polar surface area (TPSA) is 101 Å². The second kappa shape index (κ2) is 5.64. The van der Waals surface area contributed by atoms with Gasteiger partial charge in [0.25, 0.3) is 0 Å². The first-order valence-electron chi connectivity index (χ1n) is 5.49. The van der Waals surface area contributed by atoms with Gasteiger partial charge < -0.3 is 9.15 Å². The summed E-state index contributed by atoms with van der Waals surface area (Å²) in [5.74, 6) is -0.182. The normalized spacial score (nSPS) is 9.68. The number of nitriles is 1. The van der Waals surface area contributed by atoms with Crippen LogP contribution in [0.2, 0.25) is 0 Å². The average Bonchev–Trinajstić information content (AvgIpc) is 2.88. The van der Waals surface area contributed by atoms with Crippen molar-refractivity contribution in [3.63, 3.8) is 0 Å². The molecule has 0 aliphatic carbocycles. The molecule has 0 saturated carbocycles. The fourth-order valence-corrected chi connectivity index (χ4v) is 1.31. The number of hydrogen-bond acceptors (Lipinski definition) is 7. The zero-order valence-electron chi connectivity index (χ0n) is 10.1. The molecule has 0 spiro atoms. The molecule has 2 rings (SSSR count). The van der Waals surface area contributed by atoms with Crippen LogP contribution < -0.4 is 5.32 Å². The molecule has 0 fully saturated rings. The van der Waals surface area contributed by atoms with Crippen molar-refractivity contribution in [3.05, 3.63) is 35.9 Å². The fraction of sp³-hybridized carbons (Fsp3) is 0.167. The number of nitrogens with one attached hydrogen (secondary N) is 1. The van der Waals surface area contributed by atoms with Crippen molar-refractivity contribution in [2.45, 2.75) is 6.92 Å². The van der Waals surface area contributed by atoms with Gasteiger partial charge in [-0.1, -0.05) is 0 Å². The molecular formula is C12H10N4O3. The maximum Gasteiger partial charge on any atom is 0.376 e. The van der Waals surface area contributed by atoms with Crippen molar-refractivity contribution in [2.24, 2.45) is 0 Å². The molecule has 0 aliphatic heterocycles. The Morgan fingerprint density at radius 1 is 1.58 bits per heavy atom. The lowest BCUT2D eigenvalue weighted by molar-refractivity contribution is 0.0491. The molecule has 2 heterocycles. The van der Waals surface area contributed by atoms with E-state index in [9.17, 15) is 4.79 Å². The van der Waals surface area contributed by atoms with Crippen LogP contribution in [0.5, 0.6) is 0 Å². The zero-order chi connectivity index (χ0) is 13.7. The summed E-state index contributed by atoms with van der Waals surface area (Å²) in [6.45, 7) is 1.96. The van der Waals surface area contributed by atoms with E-state index in [0.29, 0.717) is 11.4 Å². The summed E-state index contributed by atoms with van der Waals surface area (Å²) < 4.78 is 9.92. The number of esters is 1. The quantitative estimate of drug-likeness (QED) is 0.835. The van der Waals surface area contributed by atoms with Gasteiger partial charge in [0, 0.05) is 6.20 Å². The van der Waals surface area contributed by atoms with Gasteiger partial charge in [-0.25, -0.2) is 14.8 Å². The molecule has 2 aromatic rings. The van der Waals surface area contributed by atoms with Crippen molar-refractivity contribution in [3.8, 4) is 6.07 Å². The van der Waals surface area contributed by atoms with E-state index in [0.717, 1.165) is 0 Å². The highest BCUT2D eigenvalue weighted by atomic mass is 16.5. The Balaban J connectivity index is 2.11. The highest BCUT2D eigenvalue weighted by Gasteiger charge is 2.13. The van der Waals surface area contributed by atoms with Crippen LogP contribution >= 0.6 is 0 Å². The van der Waals surface area contributed by atoms with Crippen LogP contribution in [0.3, 0.4) is 0 Å². The van der Waals surface area contributed by atoms with E-state index in [-0.39, 0.29) is 18.4 Å². The third-order valence-corrected chi connectivity index (χ3v) is 2.11. The summed E-state index contributed by atoms with van der Waals surface area (Å²) in [6, 6.07) is 5.20. The van der Waals surface area contributed by atoms with E-state index in [1.807, 2.05) is 6.07 Å². The van der Waals surface area contributed by atoms with Gasteiger partial charge in [0.1, 0.15) is 5.82 Å². The van der Waals surface area contributed by atoms with Gasteiger partial charge in [0.2, 0.25) is 5.76 Å². The predicted octanol–water partition coefficient (Wildman–Crippen LogP) is 1.86. The lowest BCUT2D eigenvalue weighted by Gasteiger charge is -2.00. The summed E-state index contributed by atoms with van der Waals surface area (Å²) >= 11 is 0. The van der Waals surface area contributed by atoms with E-state index >= 15 is 0 Å². The largest absolute Gasteiger partial charge is 0.460 e. The number of anilines is 2. The van der Waals surface area contributed by atoms with Crippen molar-refractivity contribution in [1.29, 1.82) is 5.26 Å². The molecule has 1 N–H and O–H groups in total. The monoisotopic (exact) mass is 258 g/mol. The van der Waals surface area contributed by atoms with E-state index in [2.05, 4.69) is 15.3 Å². The number of carbonyl (C=O) groups excluding carboxylic acids is 1. The van der Waals surface area contributed by atoms with Gasteiger partial charge in [-0.2, -0.15) is 5.26 Å². The van der Waals surface area contributed by atoms with Gasteiger partial charge >= 0.3 is 12.0 Å². The number of ether oxygens (including phenoxy) is 1. The summed E-state index contributed by atoms with van der Waals surface area (Å²) in [7, 11) is 0. The third kappa shape index (κ3) is 3.07. The first-order valence-corrected chi connectivity index (χ1v) is 5.49. The molecule has 0 bridgehead atoms. The van der Waals surface area contributed by atoms with E-state index in [1.54, 1.807) is 13.0 Å². The number of pyridine rings is 1. The van der Waals surface area contributed by atoms with Crippen molar-refractivity contribution >= 4 is 17.8 Å². The van der Waals surface area contributed by atoms with E-state index < -0.39 is 5.97 Å². The second-order valence-electron chi connectivity index (χ2n) is 3.42. The van der Waals surface area contributed by atoms with Crippen LogP contribution in [-0.4, -0.2) is 22.5 Å². The minimum absolute atomic E-state index is 0.000729. The molecule has 7 heteroatoms. The Bertz CT molecular complexity index is 630. The Kier molecular flexibility index (Phi) is 3.73. The summed E-state index contributed by atoms with van der Waals surface area (Å²) in [6.07, 6.45) is 2.74. The van der Waals surface area contributed by atoms with Gasteiger partial charge in [0.15, 0.2) is 0 Å². The highest BCUT2D eigenvalue weighted by Crippen LogP contribution is 2.15. The minimum Gasteiger partial charge on any atom is -0.460 e. The molecule has 0 unspecified atom stereocenters. The van der Waals surface area contributed by atoms with E-state index in [1.165, 1.54) is 18.5 Å². The molecule has 7 nitrogen and oxygen atoms in total. The Hall–Kier alpha value is -2.88. The first kappa shape index (κ1) is 12.6. The fourth-order valence-electron chi connectivity index (χ4n) is 1.31. The van der Waals surface area contributed by atoms with Crippen molar-refractivity contribution in [2.75, 3.05) is 11.9 Å². The molecule has 2 aromatic heterocycles. The van der Waals surface area contributed by atoms with Gasteiger partial charge in [-0.05, 0) is 19.1 Å². The van der Waals surface area contributed by atoms with Crippen LogP contribution in [-0.2, 0) is 4.74 Å². The number of aromatic nitrogens is 2. The number of rotatable bonds is 4. The average molecular weight is 258 g/mol. The van der Waals surface area contributed by atoms with Crippen LogP contribution in [0.4, 0.5) is 11.8 Å². The Morgan fingerprint density at radius 3 is 3.16 bits per heavy atom. The van der Waals surface area contributed by atoms with Gasteiger partial charge in [-0.3, -0.25) is 5.32 Å². The predicted molar refractivity (Wildman–Crippen MR) is 64.7 cm³/mol. The molecule has 0 radical (unpaired) electrons. The highest BCUT2D eigenvalue weighted by molar-refractivity contribution is 5.86. The lowest BCUT2D eigenvalue weighted by Crippen LogP contribution is -2.02. The number of carbonyl (C=O) groups is 1. The molecule has 0 aliphatic rings. The molecule has 96 valence electrons. The van der Waals surface area contributed by atoms with Crippen molar-refractivity contribution < 1.29 is 13.9 Å². The van der Waals surface area contributed by atoms with Crippen LogP contribution in [0.1, 0.15) is 23.0 Å². The van der Waals surface area contributed by atoms with Crippen LogP contribution in [0.15, 0.2) is 28.9 Å². The standard InChI is InChI=1S/C12H10N4O3/c1-2-18-11(17)9-7-15-12(19-9)16-10-5-8(6-13)3-4-14-10/h3-5,7H,2H2,1H3,(H,14,15,16). The third-order valence-electron chi connectivity index (χ3n) is 2.11. The van der Waals surface area contributed by atoms with Gasteiger partial charge in [0.05, 0.1) is 24.4 Å². The lowest BCUT2D eigenvalue weighted by atomic mass is 10.3. The molecule has 0 amide bonds. The Morgan fingerprint density at radius 2 is 2.42 bits per heavy atom. The van der Waals surface area contributed by atoms with E-state index in [4.69, 9.17) is 14.4 Å². The number of hydrogen-bond donors (Lipinski definition) is 1. The maximum absolute atomic E-state index is 11.4. The smallest absolute Gasteiger partial charge is 0.376 e. The van der Waals surface area contributed by atoms with Crippen LogP contribution in [0.25, 0.3) is 0 Å². The first-order chi connectivity index (χ1) is 9.22. The zero-order valence-corrected chi connectivity index (χ0v) is 10.1. The van der Waals surface area contributed by atoms with Gasteiger partial charge in [-0.15, -0.1) is 0 Å². The molecular weight excluding hydrogens is 248 g/mol. The summed E-state index contributed by atoms with van der Waals surface area (Å²) in [4.78, 5) is 19.2. The summed E-state index contributed by atoms with van der Waals surface area (Å²) in [5, 5.41) is 11.5. The number of oxazole rings is 1. The minimum atomic E-state index is -0.582.